The summed E-state index contributed by atoms with van der Waals surface area (Å²) in [6.07, 6.45) is 0. The van der Waals surface area contributed by atoms with Gasteiger partial charge in [0.1, 0.15) is 0 Å². The second kappa shape index (κ2) is 6.25. The predicted molar refractivity (Wildman–Crippen MR) is 72.5 cm³/mol. The first-order valence-corrected chi connectivity index (χ1v) is 5.87. The van der Waals surface area contributed by atoms with Crippen LogP contribution in [0.3, 0.4) is 0 Å². The number of carbonyl (C=O) groups excluding carboxylic acids is 1. The number of rotatable bonds is 6. The molecule has 0 aliphatic carbocycles. The van der Waals surface area contributed by atoms with E-state index in [4.69, 9.17) is 5.73 Å². The molecule has 0 fully saturated rings. The standard InChI is InChI=1S/C13H21N3O/c1-4-16(3)8-7-15-11-5-6-12(10(2)17)13(14)9-11/h5-6,9,15H,4,7-8,14H2,1-3H3. The lowest BCUT2D eigenvalue weighted by molar-refractivity contribution is 0.101. The fourth-order valence-corrected chi connectivity index (χ4v) is 1.54. The topological polar surface area (TPSA) is 58.4 Å². The number of nitrogens with two attached hydrogens (primary N) is 1. The average molecular weight is 235 g/mol. The zero-order chi connectivity index (χ0) is 12.8. The summed E-state index contributed by atoms with van der Waals surface area (Å²) in [6.45, 7) is 6.52. The van der Waals surface area contributed by atoms with Gasteiger partial charge in [-0.05, 0) is 38.7 Å². The molecule has 0 amide bonds. The Hall–Kier alpha value is -1.55. The lowest BCUT2D eigenvalue weighted by Crippen LogP contribution is -2.24. The molecule has 0 spiro atoms. The SMILES string of the molecule is CCN(C)CCNc1ccc(C(C)=O)c(N)c1. The molecule has 4 heteroatoms. The Morgan fingerprint density at radius 2 is 2.18 bits per heavy atom. The van der Waals surface area contributed by atoms with Gasteiger partial charge >= 0.3 is 0 Å². The number of nitrogen functional groups attached to an aromatic ring is 1. The fraction of sp³-hybridized carbons (Fsp3) is 0.462. The third-order valence-corrected chi connectivity index (χ3v) is 2.79. The van der Waals surface area contributed by atoms with E-state index in [0.717, 1.165) is 25.3 Å². The van der Waals surface area contributed by atoms with E-state index in [2.05, 4.69) is 24.2 Å². The maximum Gasteiger partial charge on any atom is 0.161 e. The second-order valence-electron chi connectivity index (χ2n) is 4.18. The Balaban J connectivity index is 2.56. The number of ketones is 1. The van der Waals surface area contributed by atoms with Gasteiger partial charge < -0.3 is 16.0 Å². The lowest BCUT2D eigenvalue weighted by Gasteiger charge is -2.15. The number of nitrogens with one attached hydrogen (secondary N) is 1. The number of anilines is 2. The van der Waals surface area contributed by atoms with Crippen LogP contribution < -0.4 is 11.1 Å². The highest BCUT2D eigenvalue weighted by atomic mass is 16.1. The van der Waals surface area contributed by atoms with Crippen LogP contribution in [0.25, 0.3) is 0 Å². The second-order valence-corrected chi connectivity index (χ2v) is 4.18. The summed E-state index contributed by atoms with van der Waals surface area (Å²) >= 11 is 0. The molecule has 0 atom stereocenters. The van der Waals surface area contributed by atoms with Gasteiger partial charge in [-0.15, -0.1) is 0 Å². The Kier molecular flexibility index (Phi) is 4.97. The predicted octanol–water partition coefficient (Wildman–Crippen LogP) is 1.83. The van der Waals surface area contributed by atoms with Crippen LogP contribution in [0, 0.1) is 0 Å². The normalized spacial score (nSPS) is 10.6. The number of hydrogen-bond acceptors (Lipinski definition) is 4. The van der Waals surface area contributed by atoms with Gasteiger partial charge in [0.05, 0.1) is 0 Å². The Labute approximate surface area is 103 Å². The molecule has 0 heterocycles. The van der Waals surface area contributed by atoms with Crippen LogP contribution in [-0.4, -0.2) is 37.4 Å². The summed E-state index contributed by atoms with van der Waals surface area (Å²) in [7, 11) is 2.08. The molecule has 1 rings (SSSR count). The summed E-state index contributed by atoms with van der Waals surface area (Å²) < 4.78 is 0. The highest BCUT2D eigenvalue weighted by Crippen LogP contribution is 2.18. The molecule has 0 saturated heterocycles. The van der Waals surface area contributed by atoms with Crippen molar-refractivity contribution in [3.8, 4) is 0 Å². The first kappa shape index (κ1) is 13.5. The number of Topliss-reactive ketones (excluding diaryl/α,β-unsaturated/α-hetero) is 1. The average Bonchev–Trinajstić information content (AvgIpc) is 2.28. The van der Waals surface area contributed by atoms with E-state index in [1.54, 1.807) is 6.07 Å². The molecule has 0 radical (unpaired) electrons. The quantitative estimate of drug-likeness (QED) is 0.583. The van der Waals surface area contributed by atoms with E-state index in [9.17, 15) is 4.79 Å². The van der Waals surface area contributed by atoms with Gasteiger partial charge in [-0.2, -0.15) is 0 Å². The molecule has 4 nitrogen and oxygen atoms in total. The zero-order valence-corrected chi connectivity index (χ0v) is 10.8. The molecule has 0 aromatic heterocycles. The maximum absolute atomic E-state index is 11.2. The van der Waals surface area contributed by atoms with E-state index in [1.807, 2.05) is 12.1 Å². The van der Waals surface area contributed by atoms with Gasteiger partial charge in [0.2, 0.25) is 0 Å². The van der Waals surface area contributed by atoms with Crippen LogP contribution in [-0.2, 0) is 0 Å². The van der Waals surface area contributed by atoms with Crippen molar-refractivity contribution in [3.63, 3.8) is 0 Å². The monoisotopic (exact) mass is 235 g/mol. The number of carbonyl (C=O) groups is 1. The van der Waals surface area contributed by atoms with Crippen molar-refractivity contribution in [2.45, 2.75) is 13.8 Å². The van der Waals surface area contributed by atoms with E-state index < -0.39 is 0 Å². The maximum atomic E-state index is 11.2. The van der Waals surface area contributed by atoms with Crippen molar-refractivity contribution in [1.29, 1.82) is 0 Å². The summed E-state index contributed by atoms with van der Waals surface area (Å²) in [6, 6.07) is 5.46. The van der Waals surface area contributed by atoms with Crippen LogP contribution in [0.5, 0.6) is 0 Å². The molecule has 0 bridgehead atoms. The molecule has 0 aliphatic rings. The summed E-state index contributed by atoms with van der Waals surface area (Å²) in [5.74, 6) is -0.000216. The molecular weight excluding hydrogens is 214 g/mol. The molecule has 0 saturated carbocycles. The number of nitrogens with zero attached hydrogens (tertiary/aromatic N) is 1. The van der Waals surface area contributed by atoms with Crippen LogP contribution in [0.1, 0.15) is 24.2 Å². The summed E-state index contributed by atoms with van der Waals surface area (Å²) in [5.41, 5.74) is 7.88. The smallest absolute Gasteiger partial charge is 0.161 e. The van der Waals surface area contributed by atoms with Crippen LogP contribution in [0.4, 0.5) is 11.4 Å². The van der Waals surface area contributed by atoms with Gasteiger partial charge in [-0.25, -0.2) is 0 Å². The molecular formula is C13H21N3O. The van der Waals surface area contributed by atoms with Crippen molar-refractivity contribution >= 4 is 17.2 Å². The minimum Gasteiger partial charge on any atom is -0.398 e. The largest absolute Gasteiger partial charge is 0.398 e. The fourth-order valence-electron chi connectivity index (χ4n) is 1.54. The minimum absolute atomic E-state index is 0.000216. The lowest BCUT2D eigenvalue weighted by atomic mass is 10.1. The Bertz CT molecular complexity index is 390. The zero-order valence-electron chi connectivity index (χ0n) is 10.8. The highest BCUT2D eigenvalue weighted by Gasteiger charge is 2.04. The third kappa shape index (κ3) is 4.07. The van der Waals surface area contributed by atoms with Gasteiger partial charge in [0.25, 0.3) is 0 Å². The molecule has 3 N–H and O–H groups in total. The first-order chi connectivity index (χ1) is 8.04. The van der Waals surface area contributed by atoms with Crippen molar-refractivity contribution in [1.82, 2.24) is 4.90 Å². The molecule has 17 heavy (non-hydrogen) atoms. The summed E-state index contributed by atoms with van der Waals surface area (Å²) in [4.78, 5) is 13.4. The van der Waals surface area contributed by atoms with Crippen molar-refractivity contribution in [3.05, 3.63) is 23.8 Å². The van der Waals surface area contributed by atoms with E-state index >= 15 is 0 Å². The van der Waals surface area contributed by atoms with Crippen molar-refractivity contribution < 1.29 is 4.79 Å². The molecule has 94 valence electrons. The minimum atomic E-state index is -0.000216. The van der Waals surface area contributed by atoms with Crippen molar-refractivity contribution in [2.75, 3.05) is 37.7 Å². The van der Waals surface area contributed by atoms with E-state index in [0.29, 0.717) is 11.3 Å². The van der Waals surface area contributed by atoms with Crippen molar-refractivity contribution in [2.24, 2.45) is 0 Å². The highest BCUT2D eigenvalue weighted by molar-refractivity contribution is 5.99. The molecule has 0 unspecified atom stereocenters. The molecule has 0 aliphatic heterocycles. The van der Waals surface area contributed by atoms with Crippen LogP contribution >= 0.6 is 0 Å². The summed E-state index contributed by atoms with van der Waals surface area (Å²) in [5, 5.41) is 3.28. The number of benzene rings is 1. The molecule has 1 aromatic rings. The van der Waals surface area contributed by atoms with Gasteiger partial charge in [0, 0.05) is 30.0 Å². The number of likely N-dealkylation sites (N-methyl/N-ethyl adjacent to an activating group) is 1. The molecule has 1 aromatic carbocycles. The Morgan fingerprint density at radius 3 is 2.71 bits per heavy atom. The van der Waals surface area contributed by atoms with E-state index in [-0.39, 0.29) is 5.78 Å². The van der Waals surface area contributed by atoms with Crippen LogP contribution in [0.2, 0.25) is 0 Å². The van der Waals surface area contributed by atoms with E-state index in [1.165, 1.54) is 6.92 Å². The Morgan fingerprint density at radius 1 is 1.47 bits per heavy atom. The third-order valence-electron chi connectivity index (χ3n) is 2.79. The van der Waals surface area contributed by atoms with Gasteiger partial charge in [-0.3, -0.25) is 4.79 Å². The number of hydrogen-bond donors (Lipinski definition) is 2. The first-order valence-electron chi connectivity index (χ1n) is 5.87. The van der Waals surface area contributed by atoms with Crippen LogP contribution in [0.15, 0.2) is 18.2 Å². The van der Waals surface area contributed by atoms with Gasteiger partial charge in [0.15, 0.2) is 5.78 Å². The van der Waals surface area contributed by atoms with Gasteiger partial charge in [-0.1, -0.05) is 6.92 Å².